The van der Waals surface area contributed by atoms with Crippen LogP contribution in [0.3, 0.4) is 0 Å². The van der Waals surface area contributed by atoms with Crippen molar-refractivity contribution >= 4 is 0 Å². The van der Waals surface area contributed by atoms with Gasteiger partial charge in [0.05, 0.1) is 0 Å². The number of hydrogen-bond donors (Lipinski definition) is 1. The Hall–Kier alpha value is -0.890. The molecule has 2 aliphatic rings. The quantitative estimate of drug-likeness (QED) is 0.799. The zero-order valence-corrected chi connectivity index (χ0v) is 11.6. The Labute approximate surface area is 115 Å². The molecule has 2 heteroatoms. The van der Waals surface area contributed by atoms with Gasteiger partial charge in [0.2, 0.25) is 0 Å². The summed E-state index contributed by atoms with van der Waals surface area (Å²) < 4.78 is 14.1. The summed E-state index contributed by atoms with van der Waals surface area (Å²) in [4.78, 5) is 0. The van der Waals surface area contributed by atoms with Crippen molar-refractivity contribution in [2.75, 3.05) is 6.54 Å². The molecule has 1 N–H and O–H groups in total. The van der Waals surface area contributed by atoms with Crippen LogP contribution in [0.4, 0.5) is 4.39 Å². The lowest BCUT2D eigenvalue weighted by atomic mass is 9.82. The van der Waals surface area contributed by atoms with Gasteiger partial charge >= 0.3 is 0 Å². The minimum absolute atomic E-state index is 0.00850. The van der Waals surface area contributed by atoms with Crippen molar-refractivity contribution in [2.45, 2.75) is 56.9 Å². The zero-order chi connectivity index (χ0) is 13.1. The average molecular weight is 261 g/mol. The molecular formula is C17H24FN. The first-order valence-electron chi connectivity index (χ1n) is 7.82. The van der Waals surface area contributed by atoms with Gasteiger partial charge in [-0.2, -0.15) is 0 Å². The Morgan fingerprint density at radius 3 is 2.58 bits per heavy atom. The molecule has 3 rings (SSSR count). The average Bonchev–Trinajstić information content (AvgIpc) is 3.24. The molecule has 104 valence electrons. The van der Waals surface area contributed by atoms with Crippen molar-refractivity contribution in [3.05, 3.63) is 35.6 Å². The van der Waals surface area contributed by atoms with Crippen molar-refractivity contribution in [1.29, 1.82) is 0 Å². The second kappa shape index (κ2) is 6.04. The Morgan fingerprint density at radius 2 is 1.79 bits per heavy atom. The molecule has 1 nitrogen and oxygen atoms in total. The van der Waals surface area contributed by atoms with Gasteiger partial charge in [-0.25, -0.2) is 4.39 Å². The molecule has 2 fully saturated rings. The largest absolute Gasteiger partial charge is 0.314 e. The monoisotopic (exact) mass is 261 g/mol. The second-order valence-electron chi connectivity index (χ2n) is 6.21. The fraction of sp³-hybridized carbons (Fsp3) is 0.647. The molecule has 0 spiro atoms. The molecule has 0 heterocycles. The van der Waals surface area contributed by atoms with E-state index < -0.39 is 0 Å². The molecule has 0 aliphatic heterocycles. The van der Waals surface area contributed by atoms with E-state index in [0.717, 1.165) is 24.6 Å². The van der Waals surface area contributed by atoms with E-state index in [1.807, 2.05) is 12.1 Å². The van der Waals surface area contributed by atoms with Crippen molar-refractivity contribution < 1.29 is 4.39 Å². The highest BCUT2D eigenvalue weighted by Gasteiger charge is 2.29. The van der Waals surface area contributed by atoms with Crippen LogP contribution in [0, 0.1) is 11.7 Å². The van der Waals surface area contributed by atoms with Gasteiger partial charge < -0.3 is 5.32 Å². The first-order chi connectivity index (χ1) is 9.34. The van der Waals surface area contributed by atoms with Crippen LogP contribution < -0.4 is 5.32 Å². The predicted octanol–water partition coefficient (Wildman–Crippen LogP) is 4.24. The second-order valence-corrected chi connectivity index (χ2v) is 6.21. The van der Waals surface area contributed by atoms with Gasteiger partial charge in [-0.05, 0) is 55.7 Å². The molecular weight excluding hydrogens is 237 g/mol. The number of halogens is 1. The van der Waals surface area contributed by atoms with E-state index in [1.165, 1.54) is 38.5 Å². The van der Waals surface area contributed by atoms with Gasteiger partial charge in [0, 0.05) is 6.04 Å². The maximum Gasteiger partial charge on any atom is 0.126 e. The van der Waals surface area contributed by atoms with E-state index in [0.29, 0.717) is 11.8 Å². The Kier molecular flexibility index (Phi) is 4.17. The van der Waals surface area contributed by atoms with E-state index in [1.54, 1.807) is 12.1 Å². The lowest BCUT2D eigenvalue weighted by Gasteiger charge is -2.26. The summed E-state index contributed by atoms with van der Waals surface area (Å²) in [6.07, 6.45) is 8.93. The third-order valence-electron chi connectivity index (χ3n) is 4.71. The minimum Gasteiger partial charge on any atom is -0.314 e. The number of benzene rings is 1. The Balaban J connectivity index is 1.74. The van der Waals surface area contributed by atoms with Crippen LogP contribution in [0.5, 0.6) is 0 Å². The summed E-state index contributed by atoms with van der Waals surface area (Å²) in [7, 11) is 0. The van der Waals surface area contributed by atoms with Crippen LogP contribution in [0.25, 0.3) is 0 Å². The summed E-state index contributed by atoms with van der Waals surface area (Å²) in [5.74, 6) is 1.01. The van der Waals surface area contributed by atoms with Crippen LogP contribution in [0.2, 0.25) is 0 Å². The highest BCUT2D eigenvalue weighted by Crippen LogP contribution is 2.37. The SMILES string of the molecule is Fc1ccccc1C1CCCCCC1CNC1CC1. The Morgan fingerprint density at radius 1 is 1.00 bits per heavy atom. The minimum atomic E-state index is -0.00850. The number of rotatable bonds is 4. The Bertz CT molecular complexity index is 413. The van der Waals surface area contributed by atoms with Gasteiger partial charge in [-0.3, -0.25) is 0 Å². The molecule has 1 aromatic carbocycles. The van der Waals surface area contributed by atoms with Crippen molar-refractivity contribution in [3.8, 4) is 0 Å². The van der Waals surface area contributed by atoms with Gasteiger partial charge in [-0.1, -0.05) is 37.5 Å². The molecule has 1 aromatic rings. The third-order valence-corrected chi connectivity index (χ3v) is 4.71. The summed E-state index contributed by atoms with van der Waals surface area (Å²) in [5, 5.41) is 3.65. The van der Waals surface area contributed by atoms with E-state index >= 15 is 0 Å². The van der Waals surface area contributed by atoms with Crippen LogP contribution in [-0.4, -0.2) is 12.6 Å². The summed E-state index contributed by atoms with van der Waals surface area (Å²) >= 11 is 0. The molecule has 2 aliphatic carbocycles. The molecule has 0 bridgehead atoms. The van der Waals surface area contributed by atoms with Crippen LogP contribution in [0.15, 0.2) is 24.3 Å². The van der Waals surface area contributed by atoms with Crippen molar-refractivity contribution in [1.82, 2.24) is 5.32 Å². The number of nitrogens with one attached hydrogen (secondary N) is 1. The molecule has 0 amide bonds. The van der Waals surface area contributed by atoms with Crippen molar-refractivity contribution in [3.63, 3.8) is 0 Å². The fourth-order valence-corrected chi connectivity index (χ4v) is 3.42. The predicted molar refractivity (Wildman–Crippen MR) is 76.7 cm³/mol. The number of hydrogen-bond acceptors (Lipinski definition) is 1. The van der Waals surface area contributed by atoms with Gasteiger partial charge in [-0.15, -0.1) is 0 Å². The highest BCUT2D eigenvalue weighted by atomic mass is 19.1. The normalized spacial score (nSPS) is 28.1. The molecule has 0 saturated heterocycles. The van der Waals surface area contributed by atoms with Crippen LogP contribution in [-0.2, 0) is 0 Å². The van der Waals surface area contributed by atoms with E-state index in [9.17, 15) is 4.39 Å². The smallest absolute Gasteiger partial charge is 0.126 e. The summed E-state index contributed by atoms with van der Waals surface area (Å²) in [6, 6.07) is 8.15. The molecule has 0 radical (unpaired) electrons. The van der Waals surface area contributed by atoms with E-state index in [4.69, 9.17) is 0 Å². The van der Waals surface area contributed by atoms with Crippen LogP contribution >= 0.6 is 0 Å². The summed E-state index contributed by atoms with van der Waals surface area (Å²) in [6.45, 7) is 1.07. The third kappa shape index (κ3) is 3.36. The highest BCUT2D eigenvalue weighted by molar-refractivity contribution is 5.23. The molecule has 2 saturated carbocycles. The van der Waals surface area contributed by atoms with Crippen LogP contribution in [0.1, 0.15) is 56.4 Å². The lowest BCUT2D eigenvalue weighted by molar-refractivity contribution is 0.365. The molecule has 0 aromatic heterocycles. The van der Waals surface area contributed by atoms with Gasteiger partial charge in [0.15, 0.2) is 0 Å². The fourth-order valence-electron chi connectivity index (χ4n) is 3.42. The topological polar surface area (TPSA) is 12.0 Å². The summed E-state index contributed by atoms with van der Waals surface area (Å²) in [5.41, 5.74) is 0.951. The van der Waals surface area contributed by atoms with Crippen molar-refractivity contribution in [2.24, 2.45) is 5.92 Å². The van der Waals surface area contributed by atoms with Gasteiger partial charge in [0.1, 0.15) is 5.82 Å². The maximum atomic E-state index is 14.1. The first-order valence-corrected chi connectivity index (χ1v) is 7.82. The van der Waals surface area contributed by atoms with Gasteiger partial charge in [0.25, 0.3) is 0 Å². The van der Waals surface area contributed by atoms with E-state index in [2.05, 4.69) is 5.32 Å². The standard InChI is InChI=1S/C17H24FN/c18-17-9-5-4-8-16(17)15-7-3-1-2-6-13(15)12-19-14-10-11-14/h4-5,8-9,13-15,19H,1-3,6-7,10-12H2. The lowest BCUT2D eigenvalue weighted by Crippen LogP contribution is -2.28. The first kappa shape index (κ1) is 13.1. The maximum absolute atomic E-state index is 14.1. The zero-order valence-electron chi connectivity index (χ0n) is 11.6. The molecule has 2 atom stereocenters. The molecule has 19 heavy (non-hydrogen) atoms. The molecule has 2 unspecified atom stereocenters. The van der Waals surface area contributed by atoms with E-state index in [-0.39, 0.29) is 5.82 Å².